The Balaban J connectivity index is 1.93. The van der Waals surface area contributed by atoms with Crippen LogP contribution in [0, 0.1) is 6.92 Å². The summed E-state index contributed by atoms with van der Waals surface area (Å²) < 4.78 is 1.64. The highest BCUT2D eigenvalue weighted by atomic mass is 32.1. The third-order valence-electron chi connectivity index (χ3n) is 3.18. The van der Waals surface area contributed by atoms with Crippen molar-refractivity contribution in [3.8, 4) is 5.75 Å². The van der Waals surface area contributed by atoms with E-state index in [4.69, 9.17) is 0 Å². The number of aryl methyl sites for hydroxylation is 1. The fourth-order valence-corrected chi connectivity index (χ4v) is 2.87. The Bertz CT molecular complexity index is 897. The van der Waals surface area contributed by atoms with Gasteiger partial charge in [-0.15, -0.1) is 11.3 Å². The van der Waals surface area contributed by atoms with Gasteiger partial charge in [0.05, 0.1) is 11.4 Å². The minimum absolute atomic E-state index is 0.0545. The number of phenols is 1. The van der Waals surface area contributed by atoms with Crippen molar-refractivity contribution < 1.29 is 9.90 Å². The maximum Gasteiger partial charge on any atom is 0.270 e. The number of nitrogens with one attached hydrogen (secondary N) is 1. The Morgan fingerprint density at radius 1 is 1.17 bits per heavy atom. The van der Waals surface area contributed by atoms with Crippen molar-refractivity contribution >= 4 is 22.9 Å². The quantitative estimate of drug-likeness (QED) is 0.776. The summed E-state index contributed by atoms with van der Waals surface area (Å²) in [4.78, 5) is 17.6. The first-order chi connectivity index (χ1) is 11.1. The van der Waals surface area contributed by atoms with Gasteiger partial charge in [-0.25, -0.2) is 9.67 Å². The normalized spacial score (nSPS) is 11.4. The summed E-state index contributed by atoms with van der Waals surface area (Å²) in [5.74, 6) is -0.254. The molecular weight excluding hydrogens is 310 g/mol. The largest absolute Gasteiger partial charge is 0.508 e. The van der Waals surface area contributed by atoms with Crippen molar-refractivity contribution in [3.05, 3.63) is 76.0 Å². The minimum atomic E-state index is -0.308. The molecule has 0 spiro atoms. The molecule has 0 fully saturated rings. The summed E-state index contributed by atoms with van der Waals surface area (Å²) in [5, 5.41) is 11.4. The van der Waals surface area contributed by atoms with E-state index < -0.39 is 0 Å². The number of nitrogens with zero attached hydrogens (tertiary/aromatic N) is 2. The van der Waals surface area contributed by atoms with E-state index in [1.165, 1.54) is 23.5 Å². The van der Waals surface area contributed by atoms with Crippen LogP contribution in [0.2, 0.25) is 0 Å². The Morgan fingerprint density at radius 2 is 1.96 bits per heavy atom. The van der Waals surface area contributed by atoms with Crippen molar-refractivity contribution in [2.75, 3.05) is 5.43 Å². The molecule has 3 rings (SSSR count). The first-order valence-electron chi connectivity index (χ1n) is 7.01. The second-order valence-corrected chi connectivity index (χ2v) is 5.77. The molecule has 2 N–H and O–H groups in total. The molecule has 0 saturated heterocycles. The first kappa shape index (κ1) is 15.1. The van der Waals surface area contributed by atoms with Gasteiger partial charge in [-0.3, -0.25) is 10.2 Å². The van der Waals surface area contributed by atoms with Gasteiger partial charge in [-0.1, -0.05) is 24.3 Å². The molecule has 0 atom stereocenters. The highest BCUT2D eigenvalue weighted by Gasteiger charge is 2.09. The van der Waals surface area contributed by atoms with Crippen LogP contribution in [0.15, 0.2) is 65.0 Å². The van der Waals surface area contributed by atoms with Gasteiger partial charge in [-0.05, 0) is 37.3 Å². The topological polar surface area (TPSA) is 66.6 Å². The third-order valence-corrected chi connectivity index (χ3v) is 4.13. The number of phenolic OH excluding ortho intramolecular Hbond substituents is 1. The Morgan fingerprint density at radius 3 is 2.70 bits per heavy atom. The first-order valence-corrected chi connectivity index (χ1v) is 7.89. The van der Waals surface area contributed by atoms with E-state index in [2.05, 4.69) is 10.4 Å². The van der Waals surface area contributed by atoms with E-state index in [-0.39, 0.29) is 11.7 Å². The average molecular weight is 325 g/mol. The number of amides is 1. The van der Waals surface area contributed by atoms with E-state index in [0.717, 1.165) is 11.4 Å². The Hall–Kier alpha value is -2.86. The van der Waals surface area contributed by atoms with Crippen molar-refractivity contribution in [2.24, 2.45) is 4.99 Å². The number of hydrogen-bond acceptors (Lipinski definition) is 4. The fourth-order valence-electron chi connectivity index (χ4n) is 2.03. The molecule has 0 radical (unpaired) electrons. The number of para-hydroxylation sites is 1. The highest BCUT2D eigenvalue weighted by molar-refractivity contribution is 7.07. The predicted octanol–water partition coefficient (Wildman–Crippen LogP) is 3.18. The summed E-state index contributed by atoms with van der Waals surface area (Å²) in [6.45, 7) is 1.89. The summed E-state index contributed by atoms with van der Waals surface area (Å²) in [5.41, 5.74) is 4.88. The summed E-state index contributed by atoms with van der Waals surface area (Å²) in [6.07, 6.45) is 0. The smallest absolute Gasteiger partial charge is 0.270 e. The Labute approximate surface area is 137 Å². The maximum atomic E-state index is 12.3. The van der Waals surface area contributed by atoms with Gasteiger partial charge in [0.25, 0.3) is 5.91 Å². The van der Waals surface area contributed by atoms with Gasteiger partial charge in [0, 0.05) is 10.9 Å². The maximum absolute atomic E-state index is 12.3. The van der Waals surface area contributed by atoms with Crippen LogP contribution in [0.5, 0.6) is 5.75 Å². The zero-order valence-electron chi connectivity index (χ0n) is 12.4. The molecule has 116 valence electrons. The van der Waals surface area contributed by atoms with E-state index in [1.54, 1.807) is 16.8 Å². The molecule has 5 nitrogen and oxygen atoms in total. The van der Waals surface area contributed by atoms with Crippen molar-refractivity contribution in [3.63, 3.8) is 0 Å². The van der Waals surface area contributed by atoms with Gasteiger partial charge in [0.1, 0.15) is 5.75 Å². The van der Waals surface area contributed by atoms with E-state index in [0.29, 0.717) is 10.4 Å². The number of carbonyl (C=O) groups is 1. The van der Waals surface area contributed by atoms with Gasteiger partial charge in [0.15, 0.2) is 0 Å². The van der Waals surface area contributed by atoms with Gasteiger partial charge in [0.2, 0.25) is 4.80 Å². The highest BCUT2D eigenvalue weighted by Crippen LogP contribution is 2.12. The van der Waals surface area contributed by atoms with Crippen molar-refractivity contribution in [1.82, 2.24) is 4.68 Å². The number of benzene rings is 2. The lowest BCUT2D eigenvalue weighted by Crippen LogP contribution is -2.31. The molecule has 0 bridgehead atoms. The molecule has 2 aromatic carbocycles. The number of rotatable bonds is 3. The molecule has 1 aromatic heterocycles. The van der Waals surface area contributed by atoms with Crippen LogP contribution in [-0.2, 0) is 0 Å². The molecule has 6 heteroatoms. The number of aromatic nitrogens is 1. The standard InChI is InChI=1S/C17H15N3O2S/c1-12-11-23-17(18-14-7-3-2-4-8-14)20(12)19-16(22)13-6-5-9-15(21)10-13/h2-11,21H,1H3,(H,19,22). The van der Waals surface area contributed by atoms with Crippen LogP contribution in [0.1, 0.15) is 16.1 Å². The fraction of sp³-hybridized carbons (Fsp3) is 0.0588. The molecule has 3 aromatic rings. The van der Waals surface area contributed by atoms with E-state index >= 15 is 0 Å². The summed E-state index contributed by atoms with van der Waals surface area (Å²) in [7, 11) is 0. The molecule has 23 heavy (non-hydrogen) atoms. The van der Waals surface area contributed by atoms with Gasteiger partial charge >= 0.3 is 0 Å². The number of carbonyl (C=O) groups excluding carboxylic acids is 1. The van der Waals surface area contributed by atoms with Gasteiger partial charge < -0.3 is 5.11 Å². The number of thiazole rings is 1. The lowest BCUT2D eigenvalue weighted by molar-refractivity contribution is 0.101. The molecule has 1 heterocycles. The third kappa shape index (κ3) is 3.49. The summed E-state index contributed by atoms with van der Waals surface area (Å²) >= 11 is 1.44. The van der Waals surface area contributed by atoms with E-state index in [9.17, 15) is 9.90 Å². The Kier molecular flexibility index (Phi) is 4.25. The lowest BCUT2D eigenvalue weighted by Gasteiger charge is -2.08. The van der Waals surface area contributed by atoms with Crippen LogP contribution in [0.4, 0.5) is 5.69 Å². The molecular formula is C17H15N3O2S. The molecule has 0 saturated carbocycles. The second kappa shape index (κ2) is 6.50. The van der Waals surface area contributed by atoms with Crippen LogP contribution >= 0.6 is 11.3 Å². The molecule has 0 unspecified atom stereocenters. The lowest BCUT2D eigenvalue weighted by atomic mass is 10.2. The van der Waals surface area contributed by atoms with Crippen molar-refractivity contribution in [2.45, 2.75) is 6.92 Å². The zero-order chi connectivity index (χ0) is 16.2. The molecule has 0 aliphatic carbocycles. The molecule has 0 aliphatic rings. The molecule has 1 amide bonds. The minimum Gasteiger partial charge on any atom is -0.508 e. The van der Waals surface area contributed by atoms with E-state index in [1.807, 2.05) is 42.6 Å². The number of aromatic hydroxyl groups is 1. The SMILES string of the molecule is Cc1csc(=Nc2ccccc2)n1NC(=O)c1cccc(O)c1. The monoisotopic (exact) mass is 325 g/mol. The van der Waals surface area contributed by atoms with Crippen molar-refractivity contribution in [1.29, 1.82) is 0 Å². The van der Waals surface area contributed by atoms with Gasteiger partial charge in [-0.2, -0.15) is 0 Å². The van der Waals surface area contributed by atoms with Crippen LogP contribution in [0.3, 0.4) is 0 Å². The van der Waals surface area contributed by atoms with Crippen LogP contribution in [0.25, 0.3) is 0 Å². The predicted molar refractivity (Wildman–Crippen MR) is 90.5 cm³/mol. The summed E-state index contributed by atoms with van der Waals surface area (Å²) in [6, 6.07) is 15.8. The van der Waals surface area contributed by atoms with Crippen LogP contribution < -0.4 is 10.2 Å². The number of hydrogen-bond donors (Lipinski definition) is 2. The zero-order valence-corrected chi connectivity index (χ0v) is 13.2. The average Bonchev–Trinajstić information content (AvgIpc) is 2.89. The van der Waals surface area contributed by atoms with Crippen LogP contribution in [-0.4, -0.2) is 15.7 Å². The molecule has 0 aliphatic heterocycles. The second-order valence-electron chi connectivity index (χ2n) is 4.93.